The average molecular weight is 300 g/mol. The number of methoxy groups -OCH3 is 1. The Labute approximate surface area is 127 Å². The minimum atomic E-state index is -0.320. The third-order valence-corrected chi connectivity index (χ3v) is 3.72. The first kappa shape index (κ1) is 17.9. The summed E-state index contributed by atoms with van der Waals surface area (Å²) in [5, 5.41) is 6.07. The molecule has 21 heavy (non-hydrogen) atoms. The molecule has 0 spiro atoms. The molecule has 1 rings (SSSR count). The maximum atomic E-state index is 12.1. The molecule has 1 saturated heterocycles. The molecule has 0 aromatic carbocycles. The summed E-state index contributed by atoms with van der Waals surface area (Å²) in [5.74, 6) is 0.0275. The molecule has 1 unspecified atom stereocenters. The van der Waals surface area contributed by atoms with Gasteiger partial charge in [-0.1, -0.05) is 0 Å². The van der Waals surface area contributed by atoms with Gasteiger partial charge in [0.1, 0.15) is 0 Å². The van der Waals surface area contributed by atoms with Crippen LogP contribution in [0.25, 0.3) is 0 Å². The van der Waals surface area contributed by atoms with Crippen molar-refractivity contribution in [3.63, 3.8) is 0 Å². The number of rotatable bonds is 8. The third-order valence-electron chi connectivity index (χ3n) is 3.72. The van der Waals surface area contributed by atoms with Crippen molar-refractivity contribution in [3.05, 3.63) is 0 Å². The van der Waals surface area contributed by atoms with Crippen LogP contribution in [-0.4, -0.2) is 87.7 Å². The van der Waals surface area contributed by atoms with Crippen LogP contribution in [0.3, 0.4) is 0 Å². The Morgan fingerprint density at radius 1 is 1.38 bits per heavy atom. The number of carbonyl (C=O) groups is 2. The molecule has 2 amide bonds. The Kier molecular flexibility index (Phi) is 8.26. The van der Waals surface area contributed by atoms with E-state index in [4.69, 9.17) is 4.74 Å². The quantitative estimate of drug-likeness (QED) is 0.556. The summed E-state index contributed by atoms with van der Waals surface area (Å²) >= 11 is 0. The largest absolute Gasteiger partial charge is 0.385 e. The highest BCUT2D eigenvalue weighted by atomic mass is 16.5. The first-order chi connectivity index (χ1) is 10.1. The maximum absolute atomic E-state index is 12.1. The highest BCUT2D eigenvalue weighted by molar-refractivity contribution is 5.83. The Hall–Kier alpha value is -1.18. The Balaban J connectivity index is 2.30. The van der Waals surface area contributed by atoms with E-state index >= 15 is 0 Å². The number of nitrogens with zero attached hydrogens (tertiary/aromatic N) is 2. The van der Waals surface area contributed by atoms with Crippen molar-refractivity contribution >= 4 is 11.8 Å². The zero-order valence-corrected chi connectivity index (χ0v) is 13.4. The molecule has 0 aromatic heterocycles. The van der Waals surface area contributed by atoms with Crippen LogP contribution in [0, 0.1) is 0 Å². The first-order valence-corrected chi connectivity index (χ1v) is 7.51. The van der Waals surface area contributed by atoms with Gasteiger partial charge in [0.2, 0.25) is 11.8 Å². The van der Waals surface area contributed by atoms with E-state index in [9.17, 15) is 9.59 Å². The topological polar surface area (TPSA) is 73.9 Å². The van der Waals surface area contributed by atoms with Gasteiger partial charge in [0, 0.05) is 46.4 Å². The van der Waals surface area contributed by atoms with Gasteiger partial charge in [0.25, 0.3) is 0 Å². The van der Waals surface area contributed by atoms with Crippen molar-refractivity contribution in [2.75, 3.05) is 60.0 Å². The van der Waals surface area contributed by atoms with Crippen LogP contribution in [0.1, 0.15) is 13.3 Å². The standard InChI is InChI=1S/C14H28N4O3/c1-12(14(20)16-5-4-10-21-3)17(2)11-13(19)18-8-6-15-7-9-18/h12,15H,4-11H2,1-3H3,(H,16,20). The average Bonchev–Trinajstić information content (AvgIpc) is 2.51. The maximum Gasteiger partial charge on any atom is 0.237 e. The number of ether oxygens (including phenoxy) is 1. The molecular formula is C14H28N4O3. The van der Waals surface area contributed by atoms with Crippen molar-refractivity contribution in [3.8, 4) is 0 Å². The van der Waals surface area contributed by atoms with Crippen LogP contribution in [0.5, 0.6) is 0 Å². The lowest BCUT2D eigenvalue weighted by atomic mass is 10.2. The van der Waals surface area contributed by atoms with E-state index < -0.39 is 0 Å². The third kappa shape index (κ3) is 6.41. The Morgan fingerprint density at radius 2 is 2.05 bits per heavy atom. The first-order valence-electron chi connectivity index (χ1n) is 7.51. The fourth-order valence-corrected chi connectivity index (χ4v) is 2.14. The van der Waals surface area contributed by atoms with E-state index in [2.05, 4.69) is 10.6 Å². The summed E-state index contributed by atoms with van der Waals surface area (Å²) < 4.78 is 4.93. The second-order valence-electron chi connectivity index (χ2n) is 5.36. The van der Waals surface area contributed by atoms with Crippen LogP contribution in [0.4, 0.5) is 0 Å². The van der Waals surface area contributed by atoms with Gasteiger partial charge >= 0.3 is 0 Å². The molecule has 122 valence electrons. The Morgan fingerprint density at radius 3 is 2.67 bits per heavy atom. The van der Waals surface area contributed by atoms with E-state index in [1.54, 1.807) is 19.1 Å². The summed E-state index contributed by atoms with van der Waals surface area (Å²) in [5.41, 5.74) is 0. The van der Waals surface area contributed by atoms with Gasteiger partial charge < -0.3 is 20.3 Å². The molecule has 7 heteroatoms. The number of amides is 2. The second-order valence-corrected chi connectivity index (χ2v) is 5.36. The highest BCUT2D eigenvalue weighted by Gasteiger charge is 2.23. The number of piperazine rings is 1. The molecule has 1 atom stereocenters. The zero-order valence-electron chi connectivity index (χ0n) is 13.4. The van der Waals surface area contributed by atoms with Gasteiger partial charge in [-0.25, -0.2) is 0 Å². The van der Waals surface area contributed by atoms with Gasteiger partial charge in [-0.15, -0.1) is 0 Å². The minimum Gasteiger partial charge on any atom is -0.385 e. The molecule has 7 nitrogen and oxygen atoms in total. The lowest BCUT2D eigenvalue weighted by Gasteiger charge is -2.30. The molecule has 0 aromatic rings. The highest BCUT2D eigenvalue weighted by Crippen LogP contribution is 2.00. The fourth-order valence-electron chi connectivity index (χ4n) is 2.14. The monoisotopic (exact) mass is 300 g/mol. The molecule has 1 aliphatic rings. The van der Waals surface area contributed by atoms with Crippen molar-refractivity contribution < 1.29 is 14.3 Å². The van der Waals surface area contributed by atoms with E-state index in [0.29, 0.717) is 13.2 Å². The van der Waals surface area contributed by atoms with Gasteiger partial charge in [0.15, 0.2) is 0 Å². The molecular weight excluding hydrogens is 272 g/mol. The Bertz CT molecular complexity index is 332. The number of likely N-dealkylation sites (N-methyl/N-ethyl adjacent to an activating group) is 1. The number of hydrogen-bond donors (Lipinski definition) is 2. The predicted molar refractivity (Wildman–Crippen MR) is 81.0 cm³/mol. The molecule has 2 N–H and O–H groups in total. The van der Waals surface area contributed by atoms with E-state index in [1.807, 2.05) is 11.8 Å². The van der Waals surface area contributed by atoms with Crippen LogP contribution in [-0.2, 0) is 14.3 Å². The van der Waals surface area contributed by atoms with Crippen LogP contribution < -0.4 is 10.6 Å². The summed E-state index contributed by atoms with van der Waals surface area (Å²) in [6.45, 7) is 6.47. The summed E-state index contributed by atoms with van der Waals surface area (Å²) in [6.07, 6.45) is 0.790. The van der Waals surface area contributed by atoms with E-state index in [0.717, 1.165) is 32.6 Å². The summed E-state index contributed by atoms with van der Waals surface area (Å²) in [7, 11) is 3.44. The SMILES string of the molecule is COCCCNC(=O)C(C)N(C)CC(=O)N1CCNCC1. The van der Waals surface area contributed by atoms with Crippen LogP contribution in [0.2, 0.25) is 0 Å². The number of nitrogens with one attached hydrogen (secondary N) is 2. The molecule has 0 aliphatic carbocycles. The molecule has 1 aliphatic heterocycles. The normalized spacial score (nSPS) is 16.9. The molecule has 0 saturated carbocycles. The smallest absolute Gasteiger partial charge is 0.237 e. The van der Waals surface area contributed by atoms with Crippen LogP contribution >= 0.6 is 0 Å². The summed E-state index contributed by atoms with van der Waals surface area (Å²) in [6, 6.07) is -0.320. The fraction of sp³-hybridized carbons (Fsp3) is 0.857. The molecule has 0 radical (unpaired) electrons. The van der Waals surface area contributed by atoms with Crippen molar-refractivity contribution in [1.29, 1.82) is 0 Å². The van der Waals surface area contributed by atoms with Gasteiger partial charge in [0.05, 0.1) is 12.6 Å². The minimum absolute atomic E-state index is 0.0540. The zero-order chi connectivity index (χ0) is 15.7. The number of hydrogen-bond acceptors (Lipinski definition) is 5. The number of carbonyl (C=O) groups excluding carboxylic acids is 2. The van der Waals surface area contributed by atoms with E-state index in [-0.39, 0.29) is 24.4 Å². The van der Waals surface area contributed by atoms with Crippen molar-refractivity contribution in [1.82, 2.24) is 20.4 Å². The van der Waals surface area contributed by atoms with Gasteiger partial charge in [-0.05, 0) is 20.4 Å². The van der Waals surface area contributed by atoms with Crippen LogP contribution in [0.15, 0.2) is 0 Å². The molecule has 1 heterocycles. The lowest BCUT2D eigenvalue weighted by Crippen LogP contribution is -2.52. The van der Waals surface area contributed by atoms with Gasteiger partial charge in [-0.3, -0.25) is 14.5 Å². The van der Waals surface area contributed by atoms with Gasteiger partial charge in [-0.2, -0.15) is 0 Å². The lowest BCUT2D eigenvalue weighted by molar-refractivity contribution is -0.134. The van der Waals surface area contributed by atoms with Crippen molar-refractivity contribution in [2.45, 2.75) is 19.4 Å². The molecule has 0 bridgehead atoms. The van der Waals surface area contributed by atoms with E-state index in [1.165, 1.54) is 0 Å². The predicted octanol–water partition coefficient (Wildman–Crippen LogP) is -1.11. The van der Waals surface area contributed by atoms with Crippen molar-refractivity contribution in [2.24, 2.45) is 0 Å². The summed E-state index contributed by atoms with van der Waals surface area (Å²) in [4.78, 5) is 27.8. The second kappa shape index (κ2) is 9.70. The molecule has 1 fully saturated rings.